The van der Waals surface area contributed by atoms with Crippen LogP contribution in [0.15, 0.2) is 16.7 Å². The van der Waals surface area contributed by atoms with Gasteiger partial charge in [-0.25, -0.2) is 0 Å². The Morgan fingerprint density at radius 1 is 1.29 bits per heavy atom. The Kier molecular flexibility index (Phi) is 2.85. The molecule has 0 aliphatic rings. The molecule has 1 heterocycles. The summed E-state index contributed by atoms with van der Waals surface area (Å²) in [7, 11) is 0. The molecule has 1 aromatic carbocycles. The Morgan fingerprint density at radius 2 is 1.88 bits per heavy atom. The van der Waals surface area contributed by atoms with Gasteiger partial charge in [-0.05, 0) is 44.0 Å². The first-order chi connectivity index (χ1) is 7.99. The van der Waals surface area contributed by atoms with Crippen LogP contribution in [0.25, 0.3) is 11.4 Å². The first-order valence-electron chi connectivity index (χ1n) is 5.39. The molecule has 0 amide bonds. The van der Waals surface area contributed by atoms with Crippen LogP contribution in [0.2, 0.25) is 0 Å². The summed E-state index contributed by atoms with van der Waals surface area (Å²) < 4.78 is 5.04. The lowest BCUT2D eigenvalue weighted by Crippen LogP contribution is -2.04. The summed E-state index contributed by atoms with van der Waals surface area (Å²) in [5, 5.41) is 13.6. The fourth-order valence-corrected chi connectivity index (χ4v) is 1.62. The van der Waals surface area contributed by atoms with Gasteiger partial charge in [-0.15, -0.1) is 0 Å². The highest BCUT2D eigenvalue weighted by molar-refractivity contribution is 5.60. The van der Waals surface area contributed by atoms with E-state index in [0.29, 0.717) is 17.5 Å². The molecule has 17 heavy (non-hydrogen) atoms. The molecule has 0 unspecified atom stereocenters. The molecule has 1 atom stereocenters. The topological polar surface area (TPSA) is 85.2 Å². The van der Waals surface area contributed by atoms with Crippen LogP contribution in [0.1, 0.15) is 30.0 Å². The number of nitrogens with two attached hydrogens (primary N) is 1. The molecule has 2 aromatic rings. The summed E-state index contributed by atoms with van der Waals surface area (Å²) in [4.78, 5) is 4.21. The second kappa shape index (κ2) is 4.18. The molecule has 3 N–H and O–H groups in total. The highest BCUT2D eigenvalue weighted by Crippen LogP contribution is 2.27. The van der Waals surface area contributed by atoms with E-state index in [4.69, 9.17) is 10.3 Å². The van der Waals surface area contributed by atoms with E-state index in [1.165, 1.54) is 0 Å². The zero-order valence-electron chi connectivity index (χ0n) is 10.1. The van der Waals surface area contributed by atoms with Gasteiger partial charge in [-0.1, -0.05) is 5.16 Å². The van der Waals surface area contributed by atoms with Crippen LogP contribution in [-0.4, -0.2) is 15.2 Å². The predicted molar refractivity (Wildman–Crippen MR) is 63.5 cm³/mol. The SMILES string of the molecule is Cc1cc(-c2noc([C@H](C)N)n2)cc(C)c1O. The van der Waals surface area contributed by atoms with Crippen LogP contribution < -0.4 is 5.73 Å². The molecular formula is C12H15N3O2. The minimum absolute atomic E-state index is 0.282. The van der Waals surface area contributed by atoms with Crippen molar-refractivity contribution in [2.45, 2.75) is 26.8 Å². The van der Waals surface area contributed by atoms with Gasteiger partial charge in [0.1, 0.15) is 5.75 Å². The maximum absolute atomic E-state index is 9.69. The smallest absolute Gasteiger partial charge is 0.243 e. The van der Waals surface area contributed by atoms with Crippen LogP contribution in [0, 0.1) is 13.8 Å². The van der Waals surface area contributed by atoms with Crippen molar-refractivity contribution >= 4 is 0 Å². The molecule has 0 fully saturated rings. The van der Waals surface area contributed by atoms with Crippen molar-refractivity contribution in [3.63, 3.8) is 0 Å². The van der Waals surface area contributed by atoms with Gasteiger partial charge >= 0.3 is 0 Å². The lowest BCUT2D eigenvalue weighted by Gasteiger charge is -2.04. The number of benzene rings is 1. The van der Waals surface area contributed by atoms with E-state index >= 15 is 0 Å². The lowest BCUT2D eigenvalue weighted by atomic mass is 10.1. The number of aromatic nitrogens is 2. The second-order valence-corrected chi connectivity index (χ2v) is 4.20. The zero-order chi connectivity index (χ0) is 12.6. The van der Waals surface area contributed by atoms with Gasteiger partial charge in [-0.3, -0.25) is 0 Å². The number of nitrogens with zero attached hydrogens (tertiary/aromatic N) is 2. The minimum Gasteiger partial charge on any atom is -0.507 e. The van der Waals surface area contributed by atoms with Crippen molar-refractivity contribution in [1.29, 1.82) is 0 Å². The van der Waals surface area contributed by atoms with Crippen molar-refractivity contribution in [3.8, 4) is 17.1 Å². The number of aryl methyl sites for hydroxylation is 2. The summed E-state index contributed by atoms with van der Waals surface area (Å²) in [5.74, 6) is 1.19. The molecule has 90 valence electrons. The number of phenolic OH excluding ortho intramolecular Hbond substituents is 1. The molecule has 0 bridgehead atoms. The fraction of sp³-hybridized carbons (Fsp3) is 0.333. The Balaban J connectivity index is 2.46. The minimum atomic E-state index is -0.282. The zero-order valence-corrected chi connectivity index (χ0v) is 10.1. The van der Waals surface area contributed by atoms with Gasteiger partial charge in [-0.2, -0.15) is 4.98 Å². The van der Waals surface area contributed by atoms with Crippen molar-refractivity contribution in [1.82, 2.24) is 10.1 Å². The van der Waals surface area contributed by atoms with Crippen LogP contribution in [-0.2, 0) is 0 Å². The molecule has 0 spiro atoms. The first-order valence-corrected chi connectivity index (χ1v) is 5.39. The molecule has 5 heteroatoms. The summed E-state index contributed by atoms with van der Waals surface area (Å²) in [6.45, 7) is 5.45. The van der Waals surface area contributed by atoms with Crippen LogP contribution in [0.5, 0.6) is 5.75 Å². The van der Waals surface area contributed by atoms with Gasteiger partial charge in [0.15, 0.2) is 0 Å². The van der Waals surface area contributed by atoms with Crippen LogP contribution >= 0.6 is 0 Å². The summed E-state index contributed by atoms with van der Waals surface area (Å²) in [5.41, 5.74) is 8.03. The van der Waals surface area contributed by atoms with E-state index in [0.717, 1.165) is 16.7 Å². The number of phenols is 1. The Labute approximate surface area is 99.3 Å². The van der Waals surface area contributed by atoms with Crippen LogP contribution in [0.3, 0.4) is 0 Å². The van der Waals surface area contributed by atoms with E-state index in [-0.39, 0.29) is 6.04 Å². The van der Waals surface area contributed by atoms with Crippen molar-refractivity contribution in [3.05, 3.63) is 29.2 Å². The van der Waals surface area contributed by atoms with Crippen molar-refractivity contribution in [2.24, 2.45) is 5.73 Å². The largest absolute Gasteiger partial charge is 0.507 e. The second-order valence-electron chi connectivity index (χ2n) is 4.20. The van der Waals surface area contributed by atoms with Gasteiger partial charge in [0, 0.05) is 5.56 Å². The maximum atomic E-state index is 9.69. The molecule has 0 saturated carbocycles. The van der Waals surface area contributed by atoms with E-state index in [9.17, 15) is 5.11 Å². The van der Waals surface area contributed by atoms with Crippen molar-refractivity contribution in [2.75, 3.05) is 0 Å². The maximum Gasteiger partial charge on any atom is 0.243 e. The monoisotopic (exact) mass is 233 g/mol. The number of hydrogen-bond donors (Lipinski definition) is 2. The average molecular weight is 233 g/mol. The van der Waals surface area contributed by atoms with Gasteiger partial charge in [0.25, 0.3) is 0 Å². The quantitative estimate of drug-likeness (QED) is 0.829. The highest BCUT2D eigenvalue weighted by Gasteiger charge is 2.13. The van der Waals surface area contributed by atoms with E-state index in [1.807, 2.05) is 26.0 Å². The third-order valence-electron chi connectivity index (χ3n) is 2.58. The lowest BCUT2D eigenvalue weighted by molar-refractivity contribution is 0.362. The normalized spacial score (nSPS) is 12.7. The Hall–Kier alpha value is -1.88. The summed E-state index contributed by atoms with van der Waals surface area (Å²) in [6, 6.07) is 3.35. The Morgan fingerprint density at radius 3 is 2.35 bits per heavy atom. The molecule has 0 aliphatic carbocycles. The molecule has 1 aromatic heterocycles. The van der Waals surface area contributed by atoms with Crippen molar-refractivity contribution < 1.29 is 9.63 Å². The molecule has 0 saturated heterocycles. The molecule has 2 rings (SSSR count). The number of hydrogen-bond acceptors (Lipinski definition) is 5. The average Bonchev–Trinajstić information content (AvgIpc) is 2.74. The summed E-state index contributed by atoms with van der Waals surface area (Å²) in [6.07, 6.45) is 0. The van der Waals surface area contributed by atoms with Crippen LogP contribution in [0.4, 0.5) is 0 Å². The van der Waals surface area contributed by atoms with E-state index in [1.54, 1.807) is 6.92 Å². The molecule has 0 radical (unpaired) electrons. The Bertz CT molecular complexity index is 523. The molecule has 0 aliphatic heterocycles. The standard InChI is InChI=1S/C12H15N3O2/c1-6-4-9(5-7(2)10(6)16)11-14-12(8(3)13)17-15-11/h4-5,8,16H,13H2,1-3H3/t8-/m0/s1. The fourth-order valence-electron chi connectivity index (χ4n) is 1.62. The highest BCUT2D eigenvalue weighted by atomic mass is 16.5. The first kappa shape index (κ1) is 11.6. The predicted octanol–water partition coefficient (Wildman–Crippen LogP) is 2.08. The number of aromatic hydroxyl groups is 1. The van der Waals surface area contributed by atoms with E-state index < -0.39 is 0 Å². The molecular weight excluding hydrogens is 218 g/mol. The third-order valence-corrected chi connectivity index (χ3v) is 2.58. The van der Waals surface area contributed by atoms with Gasteiger partial charge in [0.05, 0.1) is 6.04 Å². The summed E-state index contributed by atoms with van der Waals surface area (Å²) >= 11 is 0. The van der Waals surface area contributed by atoms with Gasteiger partial charge < -0.3 is 15.4 Å². The van der Waals surface area contributed by atoms with Gasteiger partial charge in [0.2, 0.25) is 11.7 Å². The third kappa shape index (κ3) is 2.14. The van der Waals surface area contributed by atoms with E-state index in [2.05, 4.69) is 10.1 Å². The molecule has 5 nitrogen and oxygen atoms in total. The number of rotatable bonds is 2.